The van der Waals surface area contributed by atoms with Crippen LogP contribution in [0.25, 0.3) is 0 Å². The lowest BCUT2D eigenvalue weighted by molar-refractivity contribution is -0.137. The summed E-state index contributed by atoms with van der Waals surface area (Å²) in [6.07, 6.45) is 0.734. The lowest BCUT2D eigenvalue weighted by Gasteiger charge is -2.19. The molecule has 0 spiro atoms. The Hall–Kier alpha value is -2.34. The van der Waals surface area contributed by atoms with Crippen LogP contribution in [-0.2, 0) is 17.5 Å². The minimum Gasteiger partial charge on any atom is -0.488 e. The van der Waals surface area contributed by atoms with E-state index in [4.69, 9.17) is 14.5 Å². The van der Waals surface area contributed by atoms with Gasteiger partial charge in [0.1, 0.15) is 12.4 Å². The Balaban J connectivity index is 1.71. The summed E-state index contributed by atoms with van der Waals surface area (Å²) in [4.78, 5) is 4.92. The Morgan fingerprint density at radius 1 is 0.943 bits per heavy atom. The molecule has 0 N–H and O–H groups in total. The van der Waals surface area contributed by atoms with E-state index < -0.39 is 11.7 Å². The molecule has 0 amide bonds. The van der Waals surface area contributed by atoms with Crippen LogP contribution >= 0.6 is 0 Å². The highest BCUT2D eigenvalue weighted by Crippen LogP contribution is 2.38. The Bertz CT molecular complexity index is 965. The lowest BCUT2D eigenvalue weighted by Crippen LogP contribution is -2.12. The summed E-state index contributed by atoms with van der Waals surface area (Å²) in [5.74, 6) is 2.08. The molecule has 0 saturated heterocycles. The van der Waals surface area contributed by atoms with Crippen LogP contribution in [-0.4, -0.2) is 18.9 Å². The first-order valence-electron chi connectivity index (χ1n) is 12.7. The maximum absolute atomic E-state index is 12.8. The molecule has 1 unspecified atom stereocenters. The average molecular weight is 490 g/mol. The first-order chi connectivity index (χ1) is 16.6. The third-order valence-corrected chi connectivity index (χ3v) is 6.38. The molecule has 6 heteroatoms. The molecule has 0 saturated carbocycles. The van der Waals surface area contributed by atoms with Gasteiger partial charge in [-0.2, -0.15) is 13.2 Å². The summed E-state index contributed by atoms with van der Waals surface area (Å²) in [7, 11) is 0. The van der Waals surface area contributed by atoms with Crippen LogP contribution in [0.5, 0.6) is 5.75 Å². The van der Waals surface area contributed by atoms with Crippen molar-refractivity contribution < 1.29 is 22.6 Å². The summed E-state index contributed by atoms with van der Waals surface area (Å²) >= 11 is 0. The zero-order valence-electron chi connectivity index (χ0n) is 21.3. The highest BCUT2D eigenvalue weighted by atomic mass is 19.4. The molecule has 2 aromatic rings. The largest absolute Gasteiger partial charge is 0.488 e. The van der Waals surface area contributed by atoms with Gasteiger partial charge in [-0.1, -0.05) is 46.2 Å². The average Bonchev–Trinajstić information content (AvgIpc) is 2.97. The van der Waals surface area contributed by atoms with E-state index in [1.54, 1.807) is 0 Å². The zero-order valence-corrected chi connectivity index (χ0v) is 21.3. The second-order valence-corrected chi connectivity index (χ2v) is 10.3. The van der Waals surface area contributed by atoms with Gasteiger partial charge in [0.2, 0.25) is 0 Å². The number of nitrogens with zero attached hydrogens (tertiary/aromatic N) is 1. The maximum atomic E-state index is 12.8. The number of benzene rings is 2. The van der Waals surface area contributed by atoms with E-state index in [0.29, 0.717) is 30.1 Å². The topological polar surface area (TPSA) is 30.8 Å². The van der Waals surface area contributed by atoms with E-state index in [1.165, 1.54) is 23.3 Å². The van der Waals surface area contributed by atoms with Crippen LogP contribution < -0.4 is 4.74 Å². The molecule has 192 valence electrons. The van der Waals surface area contributed by atoms with Gasteiger partial charge in [0.05, 0.1) is 23.6 Å². The number of hydrogen-bond donors (Lipinski definition) is 0. The number of alkyl halides is 3. The molecule has 0 bridgehead atoms. The van der Waals surface area contributed by atoms with Crippen molar-refractivity contribution in [3.63, 3.8) is 0 Å². The molecule has 1 aliphatic heterocycles. The molecular formula is C29H38F3NO2. The molecular weight excluding hydrogens is 451 g/mol. The fourth-order valence-corrected chi connectivity index (χ4v) is 4.20. The van der Waals surface area contributed by atoms with Crippen LogP contribution in [0.1, 0.15) is 82.4 Å². The summed E-state index contributed by atoms with van der Waals surface area (Å²) in [5, 5.41) is 0. The summed E-state index contributed by atoms with van der Waals surface area (Å²) < 4.78 is 50.1. The van der Waals surface area contributed by atoms with Crippen molar-refractivity contribution in [2.24, 2.45) is 16.8 Å². The number of fused-ring (bicyclic) bond motifs is 1. The summed E-state index contributed by atoms with van der Waals surface area (Å²) in [5.41, 5.74) is 3.64. The molecule has 0 radical (unpaired) electrons. The van der Waals surface area contributed by atoms with Crippen molar-refractivity contribution >= 4 is 11.4 Å². The number of halogens is 3. The predicted molar refractivity (Wildman–Crippen MR) is 136 cm³/mol. The molecule has 2 aromatic carbocycles. The van der Waals surface area contributed by atoms with Crippen LogP contribution in [0.2, 0.25) is 0 Å². The van der Waals surface area contributed by atoms with Gasteiger partial charge in [-0.15, -0.1) is 0 Å². The number of aliphatic imine (C=N–C) groups is 1. The molecule has 1 atom stereocenters. The monoisotopic (exact) mass is 489 g/mol. The van der Waals surface area contributed by atoms with Gasteiger partial charge in [0.25, 0.3) is 0 Å². The van der Waals surface area contributed by atoms with Crippen molar-refractivity contribution in [1.29, 1.82) is 0 Å². The summed E-state index contributed by atoms with van der Waals surface area (Å²) in [6, 6.07) is 11.2. The molecule has 3 nitrogen and oxygen atoms in total. The second-order valence-electron chi connectivity index (χ2n) is 10.3. The van der Waals surface area contributed by atoms with Crippen LogP contribution in [0, 0.1) is 11.8 Å². The fourth-order valence-electron chi connectivity index (χ4n) is 4.20. The first kappa shape index (κ1) is 27.3. The van der Waals surface area contributed by atoms with Gasteiger partial charge in [-0.3, -0.25) is 4.99 Å². The maximum Gasteiger partial charge on any atom is 0.416 e. The molecule has 0 aliphatic carbocycles. The van der Waals surface area contributed by atoms with E-state index in [9.17, 15) is 13.2 Å². The van der Waals surface area contributed by atoms with E-state index in [2.05, 4.69) is 45.9 Å². The van der Waals surface area contributed by atoms with Gasteiger partial charge in [0, 0.05) is 6.61 Å². The normalized spacial score (nSPS) is 16.3. The second kappa shape index (κ2) is 12.6. The van der Waals surface area contributed by atoms with Gasteiger partial charge in [0.15, 0.2) is 0 Å². The lowest BCUT2D eigenvalue weighted by atomic mass is 9.86. The number of ether oxygens (including phenoxy) is 2. The van der Waals surface area contributed by atoms with Gasteiger partial charge < -0.3 is 9.47 Å². The van der Waals surface area contributed by atoms with E-state index in [-0.39, 0.29) is 6.61 Å². The SMILES string of the molecule is CC(C)CCOCc1ccc2c(c1)C(CCC(C)C)CCC(COc1ccc(C(F)(F)F)cc1)=N2. The minimum atomic E-state index is -4.35. The predicted octanol–water partition coefficient (Wildman–Crippen LogP) is 8.73. The molecule has 3 rings (SSSR count). The zero-order chi connectivity index (χ0) is 25.4. The van der Waals surface area contributed by atoms with Gasteiger partial charge in [-0.05, 0) is 84.9 Å². The molecule has 1 heterocycles. The Labute approximate surface area is 207 Å². The number of hydrogen-bond acceptors (Lipinski definition) is 3. The van der Waals surface area contributed by atoms with Crippen LogP contribution in [0.4, 0.5) is 18.9 Å². The van der Waals surface area contributed by atoms with E-state index in [1.807, 2.05) is 0 Å². The van der Waals surface area contributed by atoms with Crippen molar-refractivity contribution in [3.05, 3.63) is 59.2 Å². The highest BCUT2D eigenvalue weighted by Gasteiger charge is 2.30. The molecule has 0 fully saturated rings. The Morgan fingerprint density at radius 3 is 2.31 bits per heavy atom. The first-order valence-corrected chi connectivity index (χ1v) is 12.7. The molecule has 0 aromatic heterocycles. The summed E-state index contributed by atoms with van der Waals surface area (Å²) in [6.45, 7) is 10.5. The van der Waals surface area contributed by atoms with Crippen LogP contribution in [0.3, 0.4) is 0 Å². The van der Waals surface area contributed by atoms with Crippen molar-refractivity contribution in [2.75, 3.05) is 13.2 Å². The third kappa shape index (κ3) is 8.68. The fraction of sp³-hybridized carbons (Fsp3) is 0.552. The van der Waals surface area contributed by atoms with Crippen molar-refractivity contribution in [1.82, 2.24) is 0 Å². The van der Waals surface area contributed by atoms with E-state index in [0.717, 1.165) is 62.2 Å². The third-order valence-electron chi connectivity index (χ3n) is 6.38. The highest BCUT2D eigenvalue weighted by molar-refractivity contribution is 5.89. The Kier molecular flexibility index (Phi) is 9.79. The van der Waals surface area contributed by atoms with Crippen molar-refractivity contribution in [2.45, 2.75) is 78.5 Å². The van der Waals surface area contributed by atoms with Crippen LogP contribution in [0.15, 0.2) is 47.5 Å². The smallest absolute Gasteiger partial charge is 0.416 e. The van der Waals surface area contributed by atoms with Gasteiger partial charge in [-0.25, -0.2) is 0 Å². The van der Waals surface area contributed by atoms with Crippen molar-refractivity contribution in [3.8, 4) is 5.75 Å². The van der Waals surface area contributed by atoms with E-state index >= 15 is 0 Å². The number of rotatable bonds is 11. The van der Waals surface area contributed by atoms with Gasteiger partial charge >= 0.3 is 6.18 Å². The Morgan fingerprint density at radius 2 is 1.66 bits per heavy atom. The standard InChI is InChI=1S/C29H38F3NO2/c1-20(2)5-7-23-8-11-25(19-35-26-12-9-24(10-13-26)29(30,31)32)33-28-14-6-22(17-27(23)28)18-34-16-15-21(3)4/h6,9-10,12-14,17,20-21,23H,5,7-8,11,15-16,18-19H2,1-4H3. The molecule has 35 heavy (non-hydrogen) atoms. The molecule has 1 aliphatic rings. The quantitative estimate of drug-likeness (QED) is 0.295. The minimum absolute atomic E-state index is 0.266.